The van der Waals surface area contributed by atoms with E-state index < -0.39 is 0 Å². The van der Waals surface area contributed by atoms with E-state index in [-0.39, 0.29) is 11.8 Å². The maximum absolute atomic E-state index is 13.3. The molecule has 2 saturated heterocycles. The van der Waals surface area contributed by atoms with Crippen LogP contribution in [0.3, 0.4) is 0 Å². The first kappa shape index (κ1) is 23.3. The highest BCUT2D eigenvalue weighted by molar-refractivity contribution is 14.1. The molecule has 156 valence electrons. The second kappa shape index (κ2) is 10.8. The Bertz CT molecular complexity index is 793. The minimum atomic E-state index is -0.155. The standard InChI is InChI=1S/C18H18I3N3O5/c19-13-11(17(26)23-2-7-28-8-3-23)14(20)16(22-1-6-25)15(21)12(13)18(27)24-4-9-29-10-5-24/h1,6H,2-5,7-10H2. The highest BCUT2D eigenvalue weighted by Gasteiger charge is 2.32. The zero-order chi connectivity index (χ0) is 21.0. The lowest BCUT2D eigenvalue weighted by Gasteiger charge is -2.30. The van der Waals surface area contributed by atoms with Crippen LogP contribution in [0.1, 0.15) is 20.7 Å². The van der Waals surface area contributed by atoms with E-state index in [0.717, 1.165) is 6.21 Å². The molecular formula is C18H18I3N3O5. The number of aliphatic imine (C=N–C) groups is 1. The van der Waals surface area contributed by atoms with E-state index >= 15 is 0 Å². The molecule has 1 aromatic rings. The number of halogens is 3. The Kier molecular flexibility index (Phi) is 8.64. The van der Waals surface area contributed by atoms with Crippen LogP contribution < -0.4 is 0 Å². The van der Waals surface area contributed by atoms with Gasteiger partial charge in [-0.25, -0.2) is 0 Å². The summed E-state index contributed by atoms with van der Waals surface area (Å²) in [4.78, 5) is 45.2. The van der Waals surface area contributed by atoms with Crippen molar-refractivity contribution in [2.24, 2.45) is 4.99 Å². The highest BCUT2D eigenvalue weighted by atomic mass is 127. The second-order valence-corrected chi connectivity index (χ2v) is 9.50. The van der Waals surface area contributed by atoms with Crippen LogP contribution in [0, 0.1) is 10.7 Å². The molecule has 2 aliphatic heterocycles. The van der Waals surface area contributed by atoms with Gasteiger partial charge in [0.05, 0.1) is 56.6 Å². The van der Waals surface area contributed by atoms with E-state index in [2.05, 4.69) is 72.8 Å². The van der Waals surface area contributed by atoms with E-state index in [1.807, 2.05) is 0 Å². The van der Waals surface area contributed by atoms with Crippen LogP contribution in [0.25, 0.3) is 0 Å². The van der Waals surface area contributed by atoms with Crippen molar-refractivity contribution >= 4 is 97.8 Å². The van der Waals surface area contributed by atoms with Gasteiger partial charge < -0.3 is 19.3 Å². The molecule has 1 aromatic carbocycles. The summed E-state index contributed by atoms with van der Waals surface area (Å²) in [5, 5.41) is 0. The summed E-state index contributed by atoms with van der Waals surface area (Å²) >= 11 is 6.23. The topological polar surface area (TPSA) is 88.5 Å². The second-order valence-electron chi connectivity index (χ2n) is 6.26. The number of carbonyl (C=O) groups is 3. The Morgan fingerprint density at radius 3 is 1.59 bits per heavy atom. The summed E-state index contributed by atoms with van der Waals surface area (Å²) in [5.74, 6) is -0.311. The summed E-state index contributed by atoms with van der Waals surface area (Å²) in [5.41, 5.74) is 1.36. The third-order valence-corrected chi connectivity index (χ3v) is 7.76. The first-order chi connectivity index (χ1) is 14.0. The highest BCUT2D eigenvalue weighted by Crippen LogP contribution is 2.38. The summed E-state index contributed by atoms with van der Waals surface area (Å²) in [6.45, 7) is 3.93. The van der Waals surface area contributed by atoms with E-state index in [1.54, 1.807) is 9.80 Å². The van der Waals surface area contributed by atoms with Crippen molar-refractivity contribution in [1.82, 2.24) is 9.80 Å². The summed E-state index contributed by atoms with van der Waals surface area (Å²) in [6, 6.07) is 0. The fraction of sp³-hybridized carbons (Fsp3) is 0.444. The van der Waals surface area contributed by atoms with Gasteiger partial charge in [0, 0.05) is 29.7 Å². The van der Waals surface area contributed by atoms with E-state index in [9.17, 15) is 14.4 Å². The van der Waals surface area contributed by atoms with Gasteiger partial charge in [-0.2, -0.15) is 0 Å². The molecule has 0 radical (unpaired) electrons. The molecule has 0 atom stereocenters. The molecule has 8 nitrogen and oxygen atoms in total. The van der Waals surface area contributed by atoms with Gasteiger partial charge in [0.2, 0.25) is 0 Å². The quantitative estimate of drug-likeness (QED) is 0.269. The number of rotatable bonds is 4. The average Bonchev–Trinajstić information content (AvgIpc) is 2.74. The van der Waals surface area contributed by atoms with Crippen molar-refractivity contribution in [2.75, 3.05) is 52.6 Å². The van der Waals surface area contributed by atoms with Gasteiger partial charge in [0.25, 0.3) is 11.8 Å². The molecule has 2 aliphatic rings. The molecule has 0 spiro atoms. The average molecular weight is 737 g/mol. The molecule has 2 amide bonds. The maximum atomic E-state index is 13.3. The fourth-order valence-corrected chi connectivity index (χ4v) is 7.46. The molecular weight excluding hydrogens is 719 g/mol. The Morgan fingerprint density at radius 1 is 0.793 bits per heavy atom. The smallest absolute Gasteiger partial charge is 0.256 e. The SMILES string of the molecule is O=CC=Nc1c(I)c(C(=O)N2CCOCC2)c(I)c(C(=O)N2CCOCC2)c1I. The predicted molar refractivity (Wildman–Crippen MR) is 132 cm³/mol. The number of benzene rings is 1. The third-order valence-electron chi connectivity index (χ3n) is 4.58. The Labute approximate surface area is 209 Å². The number of aldehydes is 1. The first-order valence-corrected chi connectivity index (χ1v) is 12.1. The van der Waals surface area contributed by atoms with Crippen LogP contribution in [0.15, 0.2) is 4.99 Å². The fourth-order valence-electron chi connectivity index (χ4n) is 3.09. The van der Waals surface area contributed by atoms with Crippen LogP contribution in [-0.4, -0.2) is 86.7 Å². The minimum Gasteiger partial charge on any atom is -0.378 e. The van der Waals surface area contributed by atoms with Crippen LogP contribution in [0.2, 0.25) is 0 Å². The molecule has 2 fully saturated rings. The predicted octanol–water partition coefficient (Wildman–Crippen LogP) is 2.35. The zero-order valence-corrected chi connectivity index (χ0v) is 21.8. The normalized spacial score (nSPS) is 17.6. The Hall–Kier alpha value is -0.390. The summed E-state index contributed by atoms with van der Waals surface area (Å²) < 4.78 is 12.6. The number of carbonyl (C=O) groups excluding carboxylic acids is 3. The lowest BCUT2D eigenvalue weighted by atomic mass is 10.1. The molecule has 0 aliphatic carbocycles. The number of hydrogen-bond acceptors (Lipinski definition) is 6. The van der Waals surface area contributed by atoms with Crippen molar-refractivity contribution in [3.8, 4) is 0 Å². The van der Waals surface area contributed by atoms with Gasteiger partial charge in [0.1, 0.15) is 0 Å². The molecule has 2 heterocycles. The molecule has 0 N–H and O–H groups in total. The Balaban J connectivity index is 2.13. The largest absolute Gasteiger partial charge is 0.378 e. The lowest BCUT2D eigenvalue weighted by Crippen LogP contribution is -2.43. The van der Waals surface area contributed by atoms with Crippen LogP contribution in [0.5, 0.6) is 0 Å². The van der Waals surface area contributed by atoms with Gasteiger partial charge in [-0.15, -0.1) is 0 Å². The molecule has 0 bridgehead atoms. The van der Waals surface area contributed by atoms with Crippen molar-refractivity contribution < 1.29 is 23.9 Å². The monoisotopic (exact) mass is 737 g/mol. The van der Waals surface area contributed by atoms with Gasteiger partial charge in [0.15, 0.2) is 6.29 Å². The number of amides is 2. The van der Waals surface area contributed by atoms with E-state index in [1.165, 1.54) is 0 Å². The molecule has 0 saturated carbocycles. The lowest BCUT2D eigenvalue weighted by molar-refractivity contribution is -0.102. The molecule has 29 heavy (non-hydrogen) atoms. The van der Waals surface area contributed by atoms with Crippen molar-refractivity contribution in [3.05, 3.63) is 21.8 Å². The molecule has 0 aromatic heterocycles. The number of hydrogen-bond donors (Lipinski definition) is 0. The maximum Gasteiger partial charge on any atom is 0.256 e. The van der Waals surface area contributed by atoms with Crippen LogP contribution >= 0.6 is 67.8 Å². The van der Waals surface area contributed by atoms with Gasteiger partial charge in [-0.3, -0.25) is 19.4 Å². The molecule has 11 heteroatoms. The van der Waals surface area contributed by atoms with Crippen molar-refractivity contribution in [1.29, 1.82) is 0 Å². The van der Waals surface area contributed by atoms with Crippen LogP contribution in [-0.2, 0) is 14.3 Å². The van der Waals surface area contributed by atoms with Crippen molar-refractivity contribution in [2.45, 2.75) is 0 Å². The first-order valence-electron chi connectivity index (χ1n) is 8.89. The van der Waals surface area contributed by atoms with E-state index in [0.29, 0.717) is 86.4 Å². The zero-order valence-electron chi connectivity index (χ0n) is 15.3. The third kappa shape index (κ3) is 5.10. The van der Waals surface area contributed by atoms with Crippen molar-refractivity contribution in [3.63, 3.8) is 0 Å². The number of ether oxygens (including phenoxy) is 2. The Morgan fingerprint density at radius 2 is 1.21 bits per heavy atom. The minimum absolute atomic E-state index is 0.155. The van der Waals surface area contributed by atoms with Crippen LogP contribution in [0.4, 0.5) is 5.69 Å². The molecule has 0 unspecified atom stereocenters. The van der Waals surface area contributed by atoms with E-state index in [4.69, 9.17) is 9.47 Å². The van der Waals surface area contributed by atoms with Gasteiger partial charge in [-0.05, 0) is 67.8 Å². The summed E-state index contributed by atoms with van der Waals surface area (Å²) in [6.07, 6.45) is 1.72. The number of nitrogens with zero attached hydrogens (tertiary/aromatic N) is 3. The molecule has 3 rings (SSSR count). The van der Waals surface area contributed by atoms with Gasteiger partial charge in [-0.1, -0.05) is 0 Å². The van der Waals surface area contributed by atoms with Gasteiger partial charge >= 0.3 is 0 Å². The summed E-state index contributed by atoms with van der Waals surface area (Å²) in [7, 11) is 0. The number of morpholine rings is 2.